The number of hydrogen-bond donors (Lipinski definition) is 1. The van der Waals surface area contributed by atoms with Gasteiger partial charge < -0.3 is 5.32 Å². The van der Waals surface area contributed by atoms with Crippen LogP contribution >= 0.6 is 11.3 Å². The van der Waals surface area contributed by atoms with Crippen molar-refractivity contribution in [3.63, 3.8) is 0 Å². The summed E-state index contributed by atoms with van der Waals surface area (Å²) < 4.78 is 0. The summed E-state index contributed by atoms with van der Waals surface area (Å²) in [5.41, 5.74) is 1.40. The molecule has 0 aliphatic heterocycles. The van der Waals surface area contributed by atoms with Gasteiger partial charge in [-0.3, -0.25) is 0 Å². The Morgan fingerprint density at radius 3 is 2.33 bits per heavy atom. The van der Waals surface area contributed by atoms with Gasteiger partial charge in [0, 0.05) is 17.3 Å². The molecule has 0 atom stereocenters. The van der Waals surface area contributed by atoms with Crippen LogP contribution in [0.3, 0.4) is 0 Å². The first kappa shape index (κ1) is 12.5. The Kier molecular flexibility index (Phi) is 3.77. The molecule has 0 amide bonds. The minimum Gasteiger partial charge on any atom is -0.365 e. The molecule has 0 aliphatic carbocycles. The van der Waals surface area contributed by atoms with Gasteiger partial charge in [-0.1, -0.05) is 34.6 Å². The van der Waals surface area contributed by atoms with Gasteiger partial charge in [-0.05, 0) is 12.3 Å². The first-order valence-corrected chi connectivity index (χ1v) is 6.34. The standard InChI is InChI=1S/C12H22N2S/c1-8(2)7-9-10(12(3,4)5)14-11(13-6)15-9/h8H,7H2,1-6H3,(H,13,14). The van der Waals surface area contributed by atoms with Crippen molar-refractivity contribution in [2.75, 3.05) is 12.4 Å². The normalized spacial score (nSPS) is 12.2. The molecule has 0 saturated carbocycles. The van der Waals surface area contributed by atoms with E-state index in [9.17, 15) is 0 Å². The van der Waals surface area contributed by atoms with Crippen LogP contribution in [-0.2, 0) is 11.8 Å². The van der Waals surface area contributed by atoms with E-state index in [1.54, 1.807) is 11.3 Å². The third-order valence-corrected chi connectivity index (χ3v) is 3.31. The summed E-state index contributed by atoms with van der Waals surface area (Å²) in [4.78, 5) is 6.09. The van der Waals surface area contributed by atoms with Gasteiger partial charge in [-0.2, -0.15) is 0 Å². The van der Waals surface area contributed by atoms with Crippen LogP contribution in [0.2, 0.25) is 0 Å². The molecule has 0 bridgehead atoms. The number of nitrogens with one attached hydrogen (secondary N) is 1. The van der Waals surface area contributed by atoms with E-state index in [1.807, 2.05) is 7.05 Å². The van der Waals surface area contributed by atoms with E-state index in [0.29, 0.717) is 5.92 Å². The molecular weight excluding hydrogens is 204 g/mol. The third-order valence-electron chi connectivity index (χ3n) is 2.22. The third kappa shape index (κ3) is 3.20. The Labute approximate surface area is 97.1 Å². The van der Waals surface area contributed by atoms with Gasteiger partial charge in [-0.25, -0.2) is 4.98 Å². The molecule has 86 valence electrons. The zero-order valence-electron chi connectivity index (χ0n) is 10.6. The number of rotatable bonds is 3. The molecule has 15 heavy (non-hydrogen) atoms. The topological polar surface area (TPSA) is 24.9 Å². The highest BCUT2D eigenvalue weighted by Crippen LogP contribution is 2.33. The summed E-state index contributed by atoms with van der Waals surface area (Å²) in [7, 11) is 1.93. The smallest absolute Gasteiger partial charge is 0.182 e. The molecule has 1 N–H and O–H groups in total. The molecule has 0 spiro atoms. The lowest BCUT2D eigenvalue weighted by Crippen LogP contribution is -2.14. The molecule has 1 aromatic rings. The van der Waals surface area contributed by atoms with Crippen LogP contribution in [-0.4, -0.2) is 12.0 Å². The van der Waals surface area contributed by atoms with Crippen molar-refractivity contribution in [2.45, 2.75) is 46.5 Å². The Morgan fingerprint density at radius 1 is 1.33 bits per heavy atom. The van der Waals surface area contributed by atoms with Crippen molar-refractivity contribution in [3.05, 3.63) is 10.6 Å². The molecule has 0 aliphatic rings. The van der Waals surface area contributed by atoms with E-state index in [-0.39, 0.29) is 5.41 Å². The Morgan fingerprint density at radius 2 is 1.93 bits per heavy atom. The molecule has 0 fully saturated rings. The number of anilines is 1. The Bertz CT molecular complexity index is 321. The van der Waals surface area contributed by atoms with E-state index in [1.165, 1.54) is 10.6 Å². The number of aromatic nitrogens is 1. The highest BCUT2D eigenvalue weighted by atomic mass is 32.1. The van der Waals surface area contributed by atoms with E-state index in [0.717, 1.165) is 11.6 Å². The number of hydrogen-bond acceptors (Lipinski definition) is 3. The largest absolute Gasteiger partial charge is 0.365 e. The van der Waals surface area contributed by atoms with Crippen molar-refractivity contribution < 1.29 is 0 Å². The number of thiazole rings is 1. The lowest BCUT2D eigenvalue weighted by Gasteiger charge is -2.18. The van der Waals surface area contributed by atoms with Crippen LogP contribution in [0.5, 0.6) is 0 Å². The average molecular weight is 226 g/mol. The molecule has 3 heteroatoms. The minimum atomic E-state index is 0.149. The summed E-state index contributed by atoms with van der Waals surface area (Å²) in [6.45, 7) is 11.2. The fourth-order valence-corrected chi connectivity index (χ4v) is 2.89. The fourth-order valence-electron chi connectivity index (χ4n) is 1.55. The van der Waals surface area contributed by atoms with Crippen LogP contribution in [0.15, 0.2) is 0 Å². The predicted molar refractivity (Wildman–Crippen MR) is 68.9 cm³/mol. The molecule has 0 aromatic carbocycles. The van der Waals surface area contributed by atoms with Crippen LogP contribution in [0.25, 0.3) is 0 Å². The molecule has 1 aromatic heterocycles. The maximum atomic E-state index is 4.66. The molecule has 1 rings (SSSR count). The lowest BCUT2D eigenvalue weighted by atomic mass is 9.90. The first-order chi connectivity index (χ1) is 6.84. The first-order valence-electron chi connectivity index (χ1n) is 5.52. The van der Waals surface area contributed by atoms with Crippen molar-refractivity contribution in [2.24, 2.45) is 5.92 Å². The maximum Gasteiger partial charge on any atom is 0.182 e. The summed E-state index contributed by atoms with van der Waals surface area (Å²) >= 11 is 1.79. The summed E-state index contributed by atoms with van der Waals surface area (Å²) in [6.07, 6.45) is 1.13. The van der Waals surface area contributed by atoms with Crippen molar-refractivity contribution in [1.29, 1.82) is 0 Å². The lowest BCUT2D eigenvalue weighted by molar-refractivity contribution is 0.555. The Balaban J connectivity index is 3.06. The van der Waals surface area contributed by atoms with Crippen molar-refractivity contribution >= 4 is 16.5 Å². The summed E-state index contributed by atoms with van der Waals surface area (Å²) in [5.74, 6) is 0.691. The molecule has 1 heterocycles. The van der Waals surface area contributed by atoms with Gasteiger partial charge in [0.1, 0.15) is 0 Å². The van der Waals surface area contributed by atoms with E-state index < -0.39 is 0 Å². The fraction of sp³-hybridized carbons (Fsp3) is 0.750. The zero-order valence-corrected chi connectivity index (χ0v) is 11.5. The van der Waals surface area contributed by atoms with Crippen molar-refractivity contribution in [1.82, 2.24) is 4.98 Å². The summed E-state index contributed by atoms with van der Waals surface area (Å²) in [6, 6.07) is 0. The quantitative estimate of drug-likeness (QED) is 0.850. The van der Waals surface area contributed by atoms with Crippen LogP contribution < -0.4 is 5.32 Å². The monoisotopic (exact) mass is 226 g/mol. The highest BCUT2D eigenvalue weighted by Gasteiger charge is 2.23. The molecule has 0 saturated heterocycles. The van der Waals surface area contributed by atoms with Crippen LogP contribution in [0, 0.1) is 5.92 Å². The van der Waals surface area contributed by atoms with E-state index >= 15 is 0 Å². The second kappa shape index (κ2) is 4.52. The average Bonchev–Trinajstić information content (AvgIpc) is 2.45. The second-order valence-corrected chi connectivity index (χ2v) is 6.47. The van der Waals surface area contributed by atoms with Crippen molar-refractivity contribution in [3.8, 4) is 0 Å². The van der Waals surface area contributed by atoms with Gasteiger partial charge in [0.25, 0.3) is 0 Å². The van der Waals surface area contributed by atoms with Gasteiger partial charge >= 0.3 is 0 Å². The van der Waals surface area contributed by atoms with Gasteiger partial charge in [0.15, 0.2) is 5.13 Å². The van der Waals surface area contributed by atoms with Crippen LogP contribution in [0.1, 0.15) is 45.2 Å². The van der Waals surface area contributed by atoms with Gasteiger partial charge in [-0.15, -0.1) is 11.3 Å². The Hall–Kier alpha value is -0.570. The SMILES string of the molecule is CNc1nc(C(C)(C)C)c(CC(C)C)s1. The zero-order chi connectivity index (χ0) is 11.6. The highest BCUT2D eigenvalue weighted by molar-refractivity contribution is 7.15. The van der Waals surface area contributed by atoms with Gasteiger partial charge in [0.2, 0.25) is 0 Å². The minimum absolute atomic E-state index is 0.149. The second-order valence-electron chi connectivity index (χ2n) is 5.39. The maximum absolute atomic E-state index is 4.66. The number of nitrogens with zero attached hydrogens (tertiary/aromatic N) is 1. The van der Waals surface area contributed by atoms with E-state index in [2.05, 4.69) is 44.9 Å². The molecule has 2 nitrogen and oxygen atoms in total. The van der Waals surface area contributed by atoms with Gasteiger partial charge in [0.05, 0.1) is 5.69 Å². The molecular formula is C12H22N2S. The molecule has 0 radical (unpaired) electrons. The summed E-state index contributed by atoms with van der Waals surface area (Å²) in [5, 5.41) is 4.18. The van der Waals surface area contributed by atoms with Crippen LogP contribution in [0.4, 0.5) is 5.13 Å². The predicted octanol–water partition coefficient (Wildman–Crippen LogP) is 3.68. The molecule has 0 unspecified atom stereocenters. The van der Waals surface area contributed by atoms with E-state index in [4.69, 9.17) is 0 Å².